The Balaban J connectivity index is 1.92. The molecular weight excluding hydrogens is 384 g/mol. The van der Waals surface area contributed by atoms with E-state index in [1.165, 1.54) is 6.08 Å². The number of rotatable bonds is 8. The quantitative estimate of drug-likeness (QED) is 0.270. The van der Waals surface area contributed by atoms with Crippen molar-refractivity contribution in [1.82, 2.24) is 10.8 Å². The van der Waals surface area contributed by atoms with Crippen LogP contribution in [0.1, 0.15) is 29.5 Å². The smallest absolute Gasteiger partial charge is 0.267 e. The molecule has 0 aliphatic heterocycles. The van der Waals surface area contributed by atoms with E-state index < -0.39 is 5.91 Å². The predicted octanol–water partition coefficient (Wildman–Crippen LogP) is 3.04. The number of carbonyl (C=O) groups is 2. The Morgan fingerprint density at radius 3 is 2.27 bits per heavy atom. The molecule has 0 spiro atoms. The van der Waals surface area contributed by atoms with Crippen molar-refractivity contribution < 1.29 is 24.3 Å². The molecule has 0 aromatic heterocycles. The summed E-state index contributed by atoms with van der Waals surface area (Å²) in [7, 11) is 3.12. The van der Waals surface area contributed by atoms with Crippen LogP contribution in [0.2, 0.25) is 0 Å². The number of amides is 2. The van der Waals surface area contributed by atoms with Gasteiger partial charge in [0, 0.05) is 17.7 Å². The van der Waals surface area contributed by atoms with Gasteiger partial charge < -0.3 is 14.8 Å². The Morgan fingerprint density at radius 1 is 1.00 bits per heavy atom. The van der Waals surface area contributed by atoms with E-state index in [4.69, 9.17) is 14.7 Å². The zero-order valence-electron chi connectivity index (χ0n) is 16.8. The van der Waals surface area contributed by atoms with Crippen LogP contribution in [0.5, 0.6) is 11.5 Å². The predicted molar refractivity (Wildman–Crippen MR) is 114 cm³/mol. The van der Waals surface area contributed by atoms with Gasteiger partial charge in [0.2, 0.25) is 0 Å². The van der Waals surface area contributed by atoms with Gasteiger partial charge in [-0.25, -0.2) is 5.48 Å². The van der Waals surface area contributed by atoms with Gasteiger partial charge in [-0.2, -0.15) is 0 Å². The summed E-state index contributed by atoms with van der Waals surface area (Å²) in [6.07, 6.45) is 6.60. The van der Waals surface area contributed by atoms with Crippen molar-refractivity contribution in [2.75, 3.05) is 14.2 Å². The van der Waals surface area contributed by atoms with Crippen LogP contribution >= 0.6 is 0 Å². The first-order valence-corrected chi connectivity index (χ1v) is 9.51. The largest absolute Gasteiger partial charge is 0.493 e. The van der Waals surface area contributed by atoms with E-state index in [9.17, 15) is 9.59 Å². The minimum Gasteiger partial charge on any atom is -0.493 e. The lowest BCUT2D eigenvalue weighted by Crippen LogP contribution is -2.26. The molecule has 2 amide bonds. The maximum Gasteiger partial charge on any atom is 0.267 e. The molecule has 7 heteroatoms. The van der Waals surface area contributed by atoms with Crippen molar-refractivity contribution in [3.8, 4) is 11.5 Å². The van der Waals surface area contributed by atoms with Crippen LogP contribution in [0, 0.1) is 0 Å². The zero-order chi connectivity index (χ0) is 21.5. The van der Waals surface area contributed by atoms with Gasteiger partial charge in [-0.3, -0.25) is 14.8 Å². The first kappa shape index (κ1) is 21.1. The maximum atomic E-state index is 12.9. The lowest BCUT2D eigenvalue weighted by Gasteiger charge is -2.13. The third-order valence-electron chi connectivity index (χ3n) is 4.64. The molecule has 0 radical (unpaired) electrons. The van der Waals surface area contributed by atoms with Crippen LogP contribution < -0.4 is 20.3 Å². The number of nitrogens with one attached hydrogen (secondary N) is 2. The molecule has 2 aromatic rings. The average Bonchev–Trinajstić information content (AvgIpc) is 3.59. The molecule has 1 saturated carbocycles. The van der Waals surface area contributed by atoms with Crippen molar-refractivity contribution in [2.45, 2.75) is 18.9 Å². The highest BCUT2D eigenvalue weighted by Gasteiger charge is 2.25. The Hall–Kier alpha value is -3.58. The summed E-state index contributed by atoms with van der Waals surface area (Å²) in [4.78, 5) is 24.0. The molecule has 1 aliphatic rings. The highest BCUT2D eigenvalue weighted by molar-refractivity contribution is 6.24. The van der Waals surface area contributed by atoms with E-state index in [1.54, 1.807) is 37.9 Å². The third kappa shape index (κ3) is 5.48. The number of ether oxygens (including phenoxy) is 2. The van der Waals surface area contributed by atoms with Gasteiger partial charge >= 0.3 is 0 Å². The first-order chi connectivity index (χ1) is 14.5. The van der Waals surface area contributed by atoms with Gasteiger partial charge in [-0.1, -0.05) is 30.3 Å². The van der Waals surface area contributed by atoms with Crippen molar-refractivity contribution in [3.63, 3.8) is 0 Å². The number of carbonyl (C=O) groups excluding carboxylic acids is 2. The second kappa shape index (κ2) is 9.76. The molecular formula is C23H24N2O5. The van der Waals surface area contributed by atoms with Gasteiger partial charge in [0.05, 0.1) is 14.2 Å². The minimum absolute atomic E-state index is 0.145. The lowest BCUT2D eigenvalue weighted by atomic mass is 10.0. The van der Waals surface area contributed by atoms with E-state index in [1.807, 2.05) is 36.4 Å². The number of hydrogen-bond donors (Lipinski definition) is 3. The van der Waals surface area contributed by atoms with E-state index in [0.29, 0.717) is 17.1 Å². The van der Waals surface area contributed by atoms with E-state index in [2.05, 4.69) is 5.32 Å². The number of hydroxylamine groups is 1. The molecule has 156 valence electrons. The lowest BCUT2D eigenvalue weighted by molar-refractivity contribution is -0.124. The van der Waals surface area contributed by atoms with Gasteiger partial charge in [-0.05, 0) is 53.8 Å². The van der Waals surface area contributed by atoms with Crippen LogP contribution in [0.25, 0.3) is 17.7 Å². The average molecular weight is 408 g/mol. The fraction of sp³-hybridized carbons (Fsp3) is 0.217. The van der Waals surface area contributed by atoms with E-state index >= 15 is 0 Å². The standard InChI is InChI=1S/C23H24N2O5/c1-29-20-11-8-17(14-21(20)30-2)19(23(27)24-18-9-10-18)13-16-5-3-15(4-6-16)7-12-22(26)25-28/h3-8,11-14,18,28H,9-10H2,1-2H3,(H,24,27)(H,25,26)/b12-7+,19-13+. The van der Waals surface area contributed by atoms with Gasteiger partial charge in [0.25, 0.3) is 11.8 Å². The van der Waals surface area contributed by atoms with Crippen LogP contribution in [0.15, 0.2) is 48.5 Å². The Kier molecular flexibility index (Phi) is 6.87. The SMILES string of the molecule is COc1ccc(/C(=C\c2ccc(/C=C/C(=O)NO)cc2)C(=O)NC2CC2)cc1OC. The molecule has 0 heterocycles. The summed E-state index contributed by atoms with van der Waals surface area (Å²) in [5.41, 5.74) is 4.39. The minimum atomic E-state index is -0.605. The molecule has 30 heavy (non-hydrogen) atoms. The van der Waals surface area contributed by atoms with Crippen molar-refractivity contribution in [3.05, 3.63) is 65.2 Å². The Morgan fingerprint density at radius 2 is 1.67 bits per heavy atom. The number of hydrogen-bond acceptors (Lipinski definition) is 5. The summed E-state index contributed by atoms with van der Waals surface area (Å²) >= 11 is 0. The van der Waals surface area contributed by atoms with E-state index in [0.717, 1.165) is 29.5 Å². The molecule has 3 N–H and O–H groups in total. The monoisotopic (exact) mass is 408 g/mol. The molecule has 2 aromatic carbocycles. The molecule has 0 bridgehead atoms. The second-order valence-corrected chi connectivity index (χ2v) is 6.85. The summed E-state index contributed by atoms with van der Waals surface area (Å²) in [5.74, 6) is 0.383. The van der Waals surface area contributed by atoms with Crippen LogP contribution in [-0.4, -0.2) is 37.3 Å². The van der Waals surface area contributed by atoms with Crippen molar-refractivity contribution in [2.24, 2.45) is 0 Å². The third-order valence-corrected chi connectivity index (χ3v) is 4.64. The van der Waals surface area contributed by atoms with Gasteiger partial charge in [0.15, 0.2) is 11.5 Å². The normalized spacial score (nSPS) is 13.8. The van der Waals surface area contributed by atoms with Gasteiger partial charge in [-0.15, -0.1) is 0 Å². The zero-order valence-corrected chi connectivity index (χ0v) is 16.8. The molecule has 0 saturated heterocycles. The number of benzene rings is 2. The maximum absolute atomic E-state index is 12.9. The molecule has 1 aliphatic carbocycles. The Bertz CT molecular complexity index is 976. The van der Waals surface area contributed by atoms with Crippen molar-refractivity contribution >= 4 is 29.5 Å². The van der Waals surface area contributed by atoms with Crippen LogP contribution in [-0.2, 0) is 9.59 Å². The summed E-state index contributed by atoms with van der Waals surface area (Å²) in [6.45, 7) is 0. The molecule has 3 rings (SSSR count). The number of methoxy groups -OCH3 is 2. The van der Waals surface area contributed by atoms with Gasteiger partial charge in [0.1, 0.15) is 0 Å². The highest BCUT2D eigenvalue weighted by atomic mass is 16.5. The van der Waals surface area contributed by atoms with Crippen molar-refractivity contribution in [1.29, 1.82) is 0 Å². The van der Waals surface area contributed by atoms with E-state index in [-0.39, 0.29) is 11.9 Å². The fourth-order valence-corrected chi connectivity index (χ4v) is 2.85. The second-order valence-electron chi connectivity index (χ2n) is 6.85. The molecule has 0 unspecified atom stereocenters. The van der Waals surface area contributed by atoms with Crippen LogP contribution in [0.3, 0.4) is 0 Å². The molecule has 0 atom stereocenters. The topological polar surface area (TPSA) is 96.9 Å². The summed E-state index contributed by atoms with van der Waals surface area (Å²) < 4.78 is 10.7. The van der Waals surface area contributed by atoms with Crippen LogP contribution in [0.4, 0.5) is 0 Å². The first-order valence-electron chi connectivity index (χ1n) is 9.51. The molecule has 1 fully saturated rings. The highest BCUT2D eigenvalue weighted by Crippen LogP contribution is 2.32. The summed E-state index contributed by atoms with van der Waals surface area (Å²) in [5, 5.41) is 11.6. The molecule has 7 nitrogen and oxygen atoms in total. The summed E-state index contributed by atoms with van der Waals surface area (Å²) in [6, 6.07) is 12.9. The Labute approximate surface area is 175 Å². The fourth-order valence-electron chi connectivity index (χ4n) is 2.85.